The van der Waals surface area contributed by atoms with Gasteiger partial charge in [-0.1, -0.05) is 6.92 Å². The number of aliphatic carboxylic acids is 1. The molecule has 0 radical (unpaired) electrons. The summed E-state index contributed by atoms with van der Waals surface area (Å²) in [5.41, 5.74) is 5.02. The van der Waals surface area contributed by atoms with Gasteiger partial charge in [-0.15, -0.1) is 0 Å². The second-order valence-electron chi connectivity index (χ2n) is 2.13. The van der Waals surface area contributed by atoms with Crippen molar-refractivity contribution in [2.45, 2.75) is 25.9 Å². The van der Waals surface area contributed by atoms with E-state index in [1.54, 1.807) is 0 Å². The highest BCUT2D eigenvalue weighted by molar-refractivity contribution is 5.82. The summed E-state index contributed by atoms with van der Waals surface area (Å²) in [6, 6.07) is 0. The van der Waals surface area contributed by atoms with Crippen LogP contribution in [0.3, 0.4) is 0 Å². The van der Waals surface area contributed by atoms with Crippen molar-refractivity contribution in [3.05, 3.63) is 0 Å². The van der Waals surface area contributed by atoms with Crippen molar-refractivity contribution in [1.82, 2.24) is 5.32 Å². The molecule has 1 atom stereocenters. The summed E-state index contributed by atoms with van der Waals surface area (Å²) in [4.78, 5) is 20.8. The molecule has 0 aromatic heterocycles. The Morgan fingerprint density at radius 1 is 1.64 bits per heavy atom. The molecule has 0 saturated carbocycles. The standard InChI is InChI=1S/C6H12N2O3/c1-2-3-4(9)8-5(7)6(10)11/h5H,2-3,7H2,1H3,(H,8,9)(H,10,11). The van der Waals surface area contributed by atoms with E-state index in [-0.39, 0.29) is 5.91 Å². The van der Waals surface area contributed by atoms with Gasteiger partial charge in [0.15, 0.2) is 6.17 Å². The predicted octanol–water partition coefficient (Wildman–Crippen LogP) is -0.728. The molecule has 11 heavy (non-hydrogen) atoms. The van der Waals surface area contributed by atoms with Crippen molar-refractivity contribution in [2.24, 2.45) is 5.73 Å². The van der Waals surface area contributed by atoms with Crippen LogP contribution >= 0.6 is 0 Å². The molecule has 0 bridgehead atoms. The summed E-state index contributed by atoms with van der Waals surface area (Å²) < 4.78 is 0. The zero-order valence-electron chi connectivity index (χ0n) is 6.33. The number of rotatable bonds is 4. The second kappa shape index (κ2) is 4.68. The zero-order valence-corrected chi connectivity index (χ0v) is 6.33. The first kappa shape index (κ1) is 9.90. The van der Waals surface area contributed by atoms with Crippen LogP contribution in [0.5, 0.6) is 0 Å². The van der Waals surface area contributed by atoms with Crippen LogP contribution in [0.4, 0.5) is 0 Å². The fourth-order valence-corrected chi connectivity index (χ4v) is 0.534. The van der Waals surface area contributed by atoms with E-state index in [2.05, 4.69) is 5.32 Å². The molecular weight excluding hydrogens is 148 g/mol. The zero-order chi connectivity index (χ0) is 8.85. The molecule has 1 unspecified atom stereocenters. The fraction of sp³-hybridized carbons (Fsp3) is 0.667. The van der Waals surface area contributed by atoms with Crippen LogP contribution in [-0.2, 0) is 9.59 Å². The quantitative estimate of drug-likeness (QED) is 0.473. The number of amides is 1. The van der Waals surface area contributed by atoms with E-state index in [4.69, 9.17) is 10.8 Å². The number of hydrogen-bond donors (Lipinski definition) is 3. The third-order valence-corrected chi connectivity index (χ3v) is 1.06. The van der Waals surface area contributed by atoms with E-state index in [1.165, 1.54) is 0 Å². The Hall–Kier alpha value is -1.10. The molecule has 0 heterocycles. The van der Waals surface area contributed by atoms with Crippen LogP contribution in [0.25, 0.3) is 0 Å². The van der Waals surface area contributed by atoms with E-state index in [9.17, 15) is 9.59 Å². The van der Waals surface area contributed by atoms with Crippen LogP contribution in [0.2, 0.25) is 0 Å². The Morgan fingerprint density at radius 2 is 2.18 bits per heavy atom. The third-order valence-electron chi connectivity index (χ3n) is 1.06. The van der Waals surface area contributed by atoms with Gasteiger partial charge >= 0.3 is 5.97 Å². The molecule has 0 aliphatic carbocycles. The first-order valence-electron chi connectivity index (χ1n) is 3.35. The van der Waals surface area contributed by atoms with Crippen LogP contribution in [0, 0.1) is 0 Å². The van der Waals surface area contributed by atoms with Crippen LogP contribution < -0.4 is 11.1 Å². The highest BCUT2D eigenvalue weighted by Crippen LogP contribution is 1.85. The monoisotopic (exact) mass is 160 g/mol. The van der Waals surface area contributed by atoms with Gasteiger partial charge in [0, 0.05) is 6.42 Å². The molecule has 0 saturated heterocycles. The number of carbonyl (C=O) groups excluding carboxylic acids is 1. The molecule has 0 aromatic carbocycles. The molecule has 0 aliphatic rings. The number of carboxylic acid groups (broad SMARTS) is 1. The molecule has 64 valence electrons. The van der Waals surface area contributed by atoms with E-state index in [1.807, 2.05) is 6.92 Å². The van der Waals surface area contributed by atoms with Gasteiger partial charge in [0.25, 0.3) is 0 Å². The molecule has 0 spiro atoms. The van der Waals surface area contributed by atoms with E-state index in [0.717, 1.165) is 0 Å². The van der Waals surface area contributed by atoms with Crippen molar-refractivity contribution in [2.75, 3.05) is 0 Å². The van der Waals surface area contributed by atoms with Crippen molar-refractivity contribution in [3.63, 3.8) is 0 Å². The lowest BCUT2D eigenvalue weighted by molar-refractivity contribution is -0.141. The lowest BCUT2D eigenvalue weighted by Crippen LogP contribution is -2.47. The van der Waals surface area contributed by atoms with Gasteiger partial charge in [0.1, 0.15) is 0 Å². The summed E-state index contributed by atoms with van der Waals surface area (Å²) in [6.07, 6.45) is -0.298. The minimum atomic E-state index is -1.28. The molecule has 5 nitrogen and oxygen atoms in total. The number of nitrogens with two attached hydrogens (primary N) is 1. The van der Waals surface area contributed by atoms with Crippen molar-refractivity contribution in [3.8, 4) is 0 Å². The number of carbonyl (C=O) groups is 2. The normalized spacial score (nSPS) is 12.2. The second-order valence-corrected chi connectivity index (χ2v) is 2.13. The number of hydrogen-bond acceptors (Lipinski definition) is 3. The average molecular weight is 160 g/mol. The molecule has 5 heteroatoms. The summed E-state index contributed by atoms with van der Waals surface area (Å²) in [5.74, 6) is -1.56. The molecule has 1 amide bonds. The highest BCUT2D eigenvalue weighted by Gasteiger charge is 2.12. The van der Waals surface area contributed by atoms with Crippen LogP contribution in [-0.4, -0.2) is 23.1 Å². The van der Waals surface area contributed by atoms with Gasteiger partial charge in [-0.25, -0.2) is 4.79 Å². The minimum absolute atomic E-state index is 0.307. The van der Waals surface area contributed by atoms with Crippen molar-refractivity contribution < 1.29 is 14.7 Å². The highest BCUT2D eigenvalue weighted by atomic mass is 16.4. The number of nitrogens with one attached hydrogen (secondary N) is 1. The smallest absolute Gasteiger partial charge is 0.341 e. The topological polar surface area (TPSA) is 92.4 Å². The number of carboxylic acids is 1. The van der Waals surface area contributed by atoms with Gasteiger partial charge in [-0.2, -0.15) is 0 Å². The molecule has 0 rings (SSSR count). The van der Waals surface area contributed by atoms with Gasteiger partial charge in [-0.05, 0) is 6.42 Å². The van der Waals surface area contributed by atoms with E-state index >= 15 is 0 Å². The van der Waals surface area contributed by atoms with E-state index < -0.39 is 12.1 Å². The van der Waals surface area contributed by atoms with Crippen LogP contribution in [0.15, 0.2) is 0 Å². The summed E-state index contributed by atoms with van der Waals surface area (Å²) in [6.45, 7) is 1.83. The van der Waals surface area contributed by atoms with Gasteiger partial charge < -0.3 is 16.2 Å². The largest absolute Gasteiger partial charge is 0.479 e. The Morgan fingerprint density at radius 3 is 2.55 bits per heavy atom. The Balaban J connectivity index is 3.66. The molecule has 0 aliphatic heterocycles. The van der Waals surface area contributed by atoms with Crippen molar-refractivity contribution >= 4 is 11.9 Å². The molecule has 0 aromatic rings. The maximum Gasteiger partial charge on any atom is 0.341 e. The predicted molar refractivity (Wildman–Crippen MR) is 38.7 cm³/mol. The summed E-state index contributed by atoms with van der Waals surface area (Å²) in [7, 11) is 0. The average Bonchev–Trinajstić information content (AvgIpc) is 1.87. The Labute approximate surface area is 64.6 Å². The first-order valence-corrected chi connectivity index (χ1v) is 3.35. The van der Waals surface area contributed by atoms with Crippen LogP contribution in [0.1, 0.15) is 19.8 Å². The molecule has 4 N–H and O–H groups in total. The SMILES string of the molecule is CCCC(=O)NC(N)C(=O)O. The fourth-order valence-electron chi connectivity index (χ4n) is 0.534. The van der Waals surface area contributed by atoms with Gasteiger partial charge in [-0.3, -0.25) is 4.79 Å². The maximum atomic E-state index is 10.7. The maximum absolute atomic E-state index is 10.7. The Kier molecular flexibility index (Phi) is 4.21. The minimum Gasteiger partial charge on any atom is -0.479 e. The van der Waals surface area contributed by atoms with E-state index in [0.29, 0.717) is 12.8 Å². The first-order chi connectivity index (χ1) is 5.07. The summed E-state index contributed by atoms with van der Waals surface area (Å²) >= 11 is 0. The lowest BCUT2D eigenvalue weighted by atomic mass is 10.3. The molecular formula is C6H12N2O3. The summed E-state index contributed by atoms with van der Waals surface area (Å²) in [5, 5.41) is 10.4. The van der Waals surface area contributed by atoms with Gasteiger partial charge in [0.05, 0.1) is 0 Å². The van der Waals surface area contributed by atoms with Crippen molar-refractivity contribution in [1.29, 1.82) is 0 Å². The molecule has 0 fully saturated rings. The van der Waals surface area contributed by atoms with Gasteiger partial charge in [0.2, 0.25) is 5.91 Å². The Bertz CT molecular complexity index is 158. The lowest BCUT2D eigenvalue weighted by Gasteiger charge is -2.07. The third kappa shape index (κ3) is 4.32.